The third kappa shape index (κ3) is 5.64. The van der Waals surface area contributed by atoms with E-state index < -0.39 is 21.7 Å². The number of hydrogen-bond acceptors (Lipinski definition) is 3. The first-order chi connectivity index (χ1) is 12.2. The Morgan fingerprint density at radius 2 is 1.77 bits per heavy atom. The predicted molar refractivity (Wildman–Crippen MR) is 99.4 cm³/mol. The lowest BCUT2D eigenvalue weighted by atomic mass is 10.1. The lowest BCUT2D eigenvalue weighted by Crippen LogP contribution is -2.40. The van der Waals surface area contributed by atoms with Gasteiger partial charge in [-0.25, -0.2) is 12.8 Å². The Kier molecular flexibility index (Phi) is 6.50. The van der Waals surface area contributed by atoms with Crippen molar-refractivity contribution in [3.63, 3.8) is 0 Å². The lowest BCUT2D eigenvalue weighted by molar-refractivity contribution is -0.122. The maximum Gasteiger partial charge on any atom is 0.235 e. The predicted octanol–water partition coefficient (Wildman–Crippen LogP) is 2.77. The van der Waals surface area contributed by atoms with Gasteiger partial charge >= 0.3 is 0 Å². The molecular weight excluding hydrogens is 355 g/mol. The van der Waals surface area contributed by atoms with Gasteiger partial charge in [0.05, 0.1) is 18.8 Å². The lowest BCUT2D eigenvalue weighted by Gasteiger charge is -2.21. The molecule has 1 amide bonds. The van der Waals surface area contributed by atoms with Gasteiger partial charge in [-0.2, -0.15) is 4.31 Å². The summed E-state index contributed by atoms with van der Waals surface area (Å²) in [7, 11) is -3.68. The Morgan fingerprint density at radius 1 is 1.15 bits per heavy atom. The van der Waals surface area contributed by atoms with Crippen LogP contribution in [0.25, 0.3) is 0 Å². The molecule has 0 radical (unpaired) electrons. The van der Waals surface area contributed by atoms with Crippen LogP contribution in [0.2, 0.25) is 0 Å². The van der Waals surface area contributed by atoms with E-state index in [0.29, 0.717) is 0 Å². The molecule has 0 aliphatic rings. The molecule has 0 spiro atoms. The number of halogens is 1. The van der Waals surface area contributed by atoms with Crippen molar-refractivity contribution in [2.45, 2.75) is 26.4 Å². The summed E-state index contributed by atoms with van der Waals surface area (Å²) >= 11 is 0. The summed E-state index contributed by atoms with van der Waals surface area (Å²) in [6.45, 7) is 3.23. The van der Waals surface area contributed by atoms with Crippen molar-refractivity contribution < 1.29 is 17.6 Å². The minimum absolute atomic E-state index is 0.197. The SMILES string of the molecule is Cc1ccc(C(C)NC(=O)CN(Cc2ccccc2F)S(C)(=O)=O)cc1. The molecule has 1 atom stereocenters. The standard InChI is InChI=1S/C19H23FN2O3S/c1-14-8-10-16(11-9-14)15(2)21-19(23)13-22(26(3,24)25)12-17-6-4-5-7-18(17)20/h4-11,15H,12-13H2,1-3H3,(H,21,23). The van der Waals surface area contributed by atoms with Crippen molar-refractivity contribution in [2.75, 3.05) is 12.8 Å². The van der Waals surface area contributed by atoms with E-state index in [1.165, 1.54) is 18.2 Å². The van der Waals surface area contributed by atoms with Crippen molar-refractivity contribution in [3.05, 3.63) is 71.0 Å². The van der Waals surface area contributed by atoms with Crippen LogP contribution in [0, 0.1) is 12.7 Å². The second-order valence-electron chi connectivity index (χ2n) is 6.32. The van der Waals surface area contributed by atoms with E-state index in [2.05, 4.69) is 5.32 Å². The maximum absolute atomic E-state index is 13.8. The molecule has 2 aromatic carbocycles. The van der Waals surface area contributed by atoms with Crippen molar-refractivity contribution in [1.82, 2.24) is 9.62 Å². The first-order valence-electron chi connectivity index (χ1n) is 8.21. The van der Waals surface area contributed by atoms with Gasteiger partial charge in [0.25, 0.3) is 0 Å². The van der Waals surface area contributed by atoms with Crippen molar-refractivity contribution in [2.24, 2.45) is 0 Å². The number of rotatable bonds is 7. The molecule has 2 rings (SSSR count). The molecule has 0 saturated carbocycles. The summed E-state index contributed by atoms with van der Waals surface area (Å²) in [5, 5.41) is 2.78. The highest BCUT2D eigenvalue weighted by Gasteiger charge is 2.22. The Morgan fingerprint density at radius 3 is 2.35 bits per heavy atom. The molecule has 26 heavy (non-hydrogen) atoms. The van der Waals surface area contributed by atoms with Crippen LogP contribution >= 0.6 is 0 Å². The molecule has 0 aliphatic carbocycles. The number of nitrogens with one attached hydrogen (secondary N) is 1. The first kappa shape index (κ1) is 20.1. The Hall–Kier alpha value is -2.25. The van der Waals surface area contributed by atoms with Crippen LogP contribution in [0.1, 0.15) is 29.7 Å². The zero-order valence-electron chi connectivity index (χ0n) is 15.1. The van der Waals surface area contributed by atoms with Gasteiger partial charge in [0.2, 0.25) is 15.9 Å². The third-order valence-corrected chi connectivity index (χ3v) is 5.24. The van der Waals surface area contributed by atoms with Gasteiger partial charge in [-0.3, -0.25) is 4.79 Å². The van der Waals surface area contributed by atoms with Crippen LogP contribution in [-0.4, -0.2) is 31.4 Å². The number of aryl methyl sites for hydroxylation is 1. The Balaban J connectivity index is 2.07. The van der Waals surface area contributed by atoms with E-state index >= 15 is 0 Å². The van der Waals surface area contributed by atoms with E-state index in [4.69, 9.17) is 0 Å². The number of amides is 1. The Labute approximate surface area is 153 Å². The van der Waals surface area contributed by atoms with Crippen molar-refractivity contribution in [3.8, 4) is 0 Å². The van der Waals surface area contributed by atoms with Gasteiger partial charge in [0.1, 0.15) is 5.82 Å². The number of carbonyl (C=O) groups excluding carboxylic acids is 1. The summed E-state index contributed by atoms with van der Waals surface area (Å²) < 4.78 is 38.8. The zero-order valence-corrected chi connectivity index (χ0v) is 15.9. The molecular formula is C19H23FN2O3S. The highest BCUT2D eigenvalue weighted by molar-refractivity contribution is 7.88. The highest BCUT2D eigenvalue weighted by Crippen LogP contribution is 2.15. The van der Waals surface area contributed by atoms with Crippen molar-refractivity contribution in [1.29, 1.82) is 0 Å². The molecule has 140 valence electrons. The fraction of sp³-hybridized carbons (Fsp3) is 0.316. The number of carbonyl (C=O) groups is 1. The third-order valence-electron chi connectivity index (χ3n) is 4.05. The minimum atomic E-state index is -3.68. The summed E-state index contributed by atoms with van der Waals surface area (Å²) in [5.74, 6) is -0.950. The number of nitrogens with zero attached hydrogens (tertiary/aromatic N) is 1. The molecule has 2 aromatic rings. The van der Waals surface area contributed by atoms with Gasteiger partial charge in [-0.05, 0) is 25.5 Å². The van der Waals surface area contributed by atoms with Gasteiger partial charge in [0, 0.05) is 12.1 Å². The molecule has 0 bridgehead atoms. The summed E-state index contributed by atoms with van der Waals surface area (Å²) in [6, 6.07) is 13.4. The second kappa shape index (κ2) is 8.42. The first-order valence-corrected chi connectivity index (χ1v) is 10.1. The number of sulfonamides is 1. The molecule has 0 fully saturated rings. The molecule has 0 aliphatic heterocycles. The number of hydrogen-bond donors (Lipinski definition) is 1. The summed E-state index contributed by atoms with van der Waals surface area (Å²) in [6.07, 6.45) is 1.00. The molecule has 7 heteroatoms. The normalized spacial score (nSPS) is 12.8. The van der Waals surface area contributed by atoms with Crippen LogP contribution in [0.15, 0.2) is 48.5 Å². The minimum Gasteiger partial charge on any atom is -0.348 e. The smallest absolute Gasteiger partial charge is 0.235 e. The van der Waals surface area contributed by atoms with Gasteiger partial charge in [-0.1, -0.05) is 48.0 Å². The van der Waals surface area contributed by atoms with Crippen LogP contribution in [0.5, 0.6) is 0 Å². The van der Waals surface area contributed by atoms with Crippen LogP contribution in [-0.2, 0) is 21.4 Å². The monoisotopic (exact) mass is 378 g/mol. The van der Waals surface area contributed by atoms with Crippen LogP contribution < -0.4 is 5.32 Å². The van der Waals surface area contributed by atoms with E-state index in [1.807, 2.05) is 38.1 Å². The zero-order chi connectivity index (χ0) is 19.3. The topological polar surface area (TPSA) is 66.5 Å². The second-order valence-corrected chi connectivity index (χ2v) is 8.30. The fourth-order valence-electron chi connectivity index (χ4n) is 2.49. The van der Waals surface area contributed by atoms with Crippen LogP contribution in [0.3, 0.4) is 0 Å². The van der Waals surface area contributed by atoms with Crippen LogP contribution in [0.4, 0.5) is 4.39 Å². The van der Waals surface area contributed by atoms with E-state index in [9.17, 15) is 17.6 Å². The largest absolute Gasteiger partial charge is 0.348 e. The average Bonchev–Trinajstić information content (AvgIpc) is 2.55. The quantitative estimate of drug-likeness (QED) is 0.806. The maximum atomic E-state index is 13.8. The van der Waals surface area contributed by atoms with Gasteiger partial charge in [-0.15, -0.1) is 0 Å². The van der Waals surface area contributed by atoms with E-state index in [1.54, 1.807) is 6.07 Å². The molecule has 0 saturated heterocycles. The summed E-state index contributed by atoms with van der Waals surface area (Å²) in [5.41, 5.74) is 2.25. The van der Waals surface area contributed by atoms with E-state index in [-0.39, 0.29) is 24.7 Å². The van der Waals surface area contributed by atoms with Crippen molar-refractivity contribution >= 4 is 15.9 Å². The van der Waals surface area contributed by atoms with Gasteiger partial charge < -0.3 is 5.32 Å². The fourth-order valence-corrected chi connectivity index (χ4v) is 3.22. The molecule has 0 heterocycles. The average molecular weight is 378 g/mol. The Bertz CT molecular complexity index is 867. The molecule has 0 aromatic heterocycles. The molecule has 1 N–H and O–H groups in total. The molecule has 1 unspecified atom stereocenters. The highest BCUT2D eigenvalue weighted by atomic mass is 32.2. The van der Waals surface area contributed by atoms with E-state index in [0.717, 1.165) is 21.7 Å². The van der Waals surface area contributed by atoms with Gasteiger partial charge in [0.15, 0.2) is 0 Å². The summed E-state index contributed by atoms with van der Waals surface area (Å²) in [4.78, 5) is 12.3. The number of benzene rings is 2. The molecule has 5 nitrogen and oxygen atoms in total.